The van der Waals surface area contributed by atoms with Crippen LogP contribution in [0.25, 0.3) is 0 Å². The molecule has 2 rings (SSSR count). The lowest BCUT2D eigenvalue weighted by atomic mass is 10.0. The third-order valence-electron chi connectivity index (χ3n) is 3.42. The van der Waals surface area contributed by atoms with E-state index in [0.29, 0.717) is 28.7 Å². The zero-order valence-corrected chi connectivity index (χ0v) is 11.8. The Morgan fingerprint density at radius 1 is 1.58 bits per heavy atom. The fourth-order valence-electron chi connectivity index (χ4n) is 2.35. The SMILES string of the molecule is CN(CC1CCCOC1)C(=O)c1cccc(Cl)c1N. The molecule has 1 aliphatic heterocycles. The Morgan fingerprint density at radius 3 is 3.05 bits per heavy atom. The number of nitrogens with zero attached hydrogens (tertiary/aromatic N) is 1. The number of carbonyl (C=O) groups is 1. The van der Waals surface area contributed by atoms with Gasteiger partial charge in [0.15, 0.2) is 0 Å². The first-order valence-electron chi connectivity index (χ1n) is 6.46. The summed E-state index contributed by atoms with van der Waals surface area (Å²) in [5, 5.41) is 0.417. The van der Waals surface area contributed by atoms with Gasteiger partial charge in [-0.25, -0.2) is 0 Å². The fraction of sp³-hybridized carbons (Fsp3) is 0.500. The number of halogens is 1. The Morgan fingerprint density at radius 2 is 2.37 bits per heavy atom. The quantitative estimate of drug-likeness (QED) is 0.866. The van der Waals surface area contributed by atoms with E-state index in [9.17, 15) is 4.79 Å². The molecule has 104 valence electrons. The summed E-state index contributed by atoms with van der Waals surface area (Å²) in [7, 11) is 1.79. The average Bonchev–Trinajstić information content (AvgIpc) is 2.42. The predicted molar refractivity (Wildman–Crippen MR) is 76.4 cm³/mol. The van der Waals surface area contributed by atoms with E-state index in [2.05, 4.69) is 0 Å². The zero-order chi connectivity index (χ0) is 13.8. The van der Waals surface area contributed by atoms with Gasteiger partial charge in [-0.1, -0.05) is 17.7 Å². The molecular weight excluding hydrogens is 264 g/mol. The standard InChI is InChI=1S/C14H19ClN2O2/c1-17(8-10-4-3-7-19-9-10)14(18)11-5-2-6-12(15)13(11)16/h2,5-6,10H,3-4,7-9,16H2,1H3. The summed E-state index contributed by atoms with van der Waals surface area (Å²) in [5.74, 6) is 0.314. The Labute approximate surface area is 118 Å². The molecule has 5 heteroatoms. The molecule has 1 unspecified atom stereocenters. The molecule has 0 spiro atoms. The molecule has 0 bridgehead atoms. The average molecular weight is 283 g/mol. The van der Waals surface area contributed by atoms with E-state index in [0.717, 1.165) is 26.1 Å². The van der Waals surface area contributed by atoms with Crippen molar-refractivity contribution in [2.45, 2.75) is 12.8 Å². The highest BCUT2D eigenvalue weighted by atomic mass is 35.5. The minimum atomic E-state index is -0.0921. The van der Waals surface area contributed by atoms with Crippen LogP contribution in [0.2, 0.25) is 5.02 Å². The van der Waals surface area contributed by atoms with Crippen LogP contribution in [-0.4, -0.2) is 37.6 Å². The summed E-state index contributed by atoms with van der Waals surface area (Å²) in [6.45, 7) is 2.24. The van der Waals surface area contributed by atoms with E-state index >= 15 is 0 Å². The van der Waals surface area contributed by atoms with Crippen molar-refractivity contribution in [2.75, 3.05) is 32.5 Å². The number of amides is 1. The fourth-order valence-corrected chi connectivity index (χ4v) is 2.53. The van der Waals surface area contributed by atoms with Crippen LogP contribution < -0.4 is 5.73 Å². The van der Waals surface area contributed by atoms with Gasteiger partial charge in [0.25, 0.3) is 5.91 Å². The van der Waals surface area contributed by atoms with Crippen molar-refractivity contribution >= 4 is 23.2 Å². The van der Waals surface area contributed by atoms with Crippen LogP contribution in [0.1, 0.15) is 23.2 Å². The number of anilines is 1. The maximum atomic E-state index is 12.3. The van der Waals surface area contributed by atoms with Crippen LogP contribution in [-0.2, 0) is 4.74 Å². The zero-order valence-electron chi connectivity index (χ0n) is 11.1. The maximum absolute atomic E-state index is 12.3. The minimum Gasteiger partial charge on any atom is -0.397 e. The number of hydrogen-bond acceptors (Lipinski definition) is 3. The molecule has 1 aromatic rings. The Hall–Kier alpha value is -1.26. The van der Waals surface area contributed by atoms with Crippen molar-refractivity contribution in [1.29, 1.82) is 0 Å². The molecule has 1 aromatic carbocycles. The van der Waals surface area contributed by atoms with E-state index in [1.165, 1.54) is 0 Å². The number of hydrogen-bond donors (Lipinski definition) is 1. The van der Waals surface area contributed by atoms with Crippen molar-refractivity contribution < 1.29 is 9.53 Å². The summed E-state index contributed by atoms with van der Waals surface area (Å²) in [5.41, 5.74) is 6.66. The van der Waals surface area contributed by atoms with E-state index < -0.39 is 0 Å². The van der Waals surface area contributed by atoms with Gasteiger partial charge in [-0.2, -0.15) is 0 Å². The molecule has 1 fully saturated rings. The van der Waals surface area contributed by atoms with Crippen molar-refractivity contribution in [1.82, 2.24) is 4.90 Å². The second kappa shape index (κ2) is 6.26. The first-order chi connectivity index (χ1) is 9.09. The molecule has 1 amide bonds. The molecule has 0 radical (unpaired) electrons. The maximum Gasteiger partial charge on any atom is 0.255 e. The second-order valence-corrected chi connectivity index (χ2v) is 5.38. The van der Waals surface area contributed by atoms with Crippen LogP contribution in [0.3, 0.4) is 0 Å². The number of benzene rings is 1. The van der Waals surface area contributed by atoms with Crippen LogP contribution >= 0.6 is 11.6 Å². The number of para-hydroxylation sites is 1. The van der Waals surface area contributed by atoms with E-state index in [4.69, 9.17) is 22.1 Å². The van der Waals surface area contributed by atoms with Crippen LogP contribution in [0.4, 0.5) is 5.69 Å². The summed E-state index contributed by atoms with van der Waals surface area (Å²) in [4.78, 5) is 14.0. The number of ether oxygens (including phenoxy) is 1. The number of carbonyl (C=O) groups excluding carboxylic acids is 1. The van der Waals surface area contributed by atoms with Crippen molar-refractivity contribution in [3.05, 3.63) is 28.8 Å². The van der Waals surface area contributed by atoms with E-state index in [1.54, 1.807) is 30.1 Å². The smallest absolute Gasteiger partial charge is 0.255 e. The highest BCUT2D eigenvalue weighted by molar-refractivity contribution is 6.33. The van der Waals surface area contributed by atoms with Gasteiger partial charge in [-0.15, -0.1) is 0 Å². The lowest BCUT2D eigenvalue weighted by Gasteiger charge is -2.27. The van der Waals surface area contributed by atoms with Gasteiger partial charge < -0.3 is 15.4 Å². The molecule has 0 aromatic heterocycles. The lowest BCUT2D eigenvalue weighted by Crippen LogP contribution is -2.35. The monoisotopic (exact) mass is 282 g/mol. The van der Waals surface area contributed by atoms with Gasteiger partial charge in [0.05, 0.1) is 22.9 Å². The van der Waals surface area contributed by atoms with E-state index in [1.807, 2.05) is 0 Å². The first kappa shape index (κ1) is 14.2. The topological polar surface area (TPSA) is 55.6 Å². The third-order valence-corrected chi connectivity index (χ3v) is 3.75. The number of rotatable bonds is 3. The van der Waals surface area contributed by atoms with Crippen LogP contribution in [0.5, 0.6) is 0 Å². The molecule has 1 aliphatic rings. The van der Waals surface area contributed by atoms with Gasteiger partial charge in [0, 0.05) is 20.2 Å². The summed E-state index contributed by atoms with van der Waals surface area (Å²) in [6, 6.07) is 5.13. The van der Waals surface area contributed by atoms with Gasteiger partial charge >= 0.3 is 0 Å². The molecule has 4 nitrogen and oxygen atoms in total. The Bertz CT molecular complexity index is 459. The molecule has 19 heavy (non-hydrogen) atoms. The molecule has 2 N–H and O–H groups in total. The highest BCUT2D eigenvalue weighted by Gasteiger charge is 2.21. The summed E-state index contributed by atoms with van der Waals surface area (Å²) < 4.78 is 5.43. The molecule has 0 saturated carbocycles. The van der Waals surface area contributed by atoms with Gasteiger partial charge in [-0.05, 0) is 30.9 Å². The summed E-state index contributed by atoms with van der Waals surface area (Å²) >= 11 is 5.94. The highest BCUT2D eigenvalue weighted by Crippen LogP contribution is 2.24. The number of nitrogen functional groups attached to an aromatic ring is 1. The Kier molecular flexibility index (Phi) is 4.66. The van der Waals surface area contributed by atoms with Crippen molar-refractivity contribution in [3.63, 3.8) is 0 Å². The molecule has 0 aliphatic carbocycles. The molecule has 1 saturated heterocycles. The lowest BCUT2D eigenvalue weighted by molar-refractivity contribution is 0.0389. The van der Waals surface area contributed by atoms with Crippen LogP contribution in [0.15, 0.2) is 18.2 Å². The molecule has 1 heterocycles. The van der Waals surface area contributed by atoms with E-state index in [-0.39, 0.29) is 5.91 Å². The molecular formula is C14H19ClN2O2. The normalized spacial score (nSPS) is 19.2. The predicted octanol–water partition coefficient (Wildman–Crippen LogP) is 2.42. The van der Waals surface area contributed by atoms with Crippen LogP contribution in [0, 0.1) is 5.92 Å². The summed E-state index contributed by atoms with van der Waals surface area (Å²) in [6.07, 6.45) is 2.16. The van der Waals surface area contributed by atoms with Gasteiger partial charge in [-0.3, -0.25) is 4.79 Å². The largest absolute Gasteiger partial charge is 0.397 e. The Balaban J connectivity index is 2.03. The minimum absolute atomic E-state index is 0.0921. The molecule has 1 atom stereocenters. The van der Waals surface area contributed by atoms with Gasteiger partial charge in [0.1, 0.15) is 0 Å². The van der Waals surface area contributed by atoms with Crippen molar-refractivity contribution in [2.24, 2.45) is 5.92 Å². The second-order valence-electron chi connectivity index (χ2n) is 4.97. The first-order valence-corrected chi connectivity index (χ1v) is 6.84. The van der Waals surface area contributed by atoms with Crippen molar-refractivity contribution in [3.8, 4) is 0 Å². The van der Waals surface area contributed by atoms with Gasteiger partial charge in [0.2, 0.25) is 0 Å². The number of nitrogens with two attached hydrogens (primary N) is 1. The third kappa shape index (κ3) is 3.39.